The maximum Gasteiger partial charge on any atom is 0.338 e. The minimum atomic E-state index is 0.686. The summed E-state index contributed by atoms with van der Waals surface area (Å²) in [6.45, 7) is 0. The normalized spacial score (nSPS) is 11.8. The van der Waals surface area contributed by atoms with Crippen molar-refractivity contribution in [1.29, 1.82) is 0 Å². The number of nitrogens with zero attached hydrogens (tertiary/aromatic N) is 6. The molecule has 2 aromatic carbocycles. The molecule has 8 bridgehead atoms. The maximum absolute atomic E-state index is 4.91. The Kier molecular flexibility index (Phi) is 3.46. The molecule has 0 radical (unpaired) electrons. The van der Waals surface area contributed by atoms with Crippen molar-refractivity contribution in [2.75, 3.05) is 0 Å². The van der Waals surface area contributed by atoms with Gasteiger partial charge < -0.3 is 0 Å². The summed E-state index contributed by atoms with van der Waals surface area (Å²) < 4.78 is 4.15. The van der Waals surface area contributed by atoms with Crippen molar-refractivity contribution >= 4 is 21.8 Å². The Bertz CT molecular complexity index is 1570. The van der Waals surface area contributed by atoms with E-state index < -0.39 is 0 Å². The highest BCUT2D eigenvalue weighted by Crippen LogP contribution is 2.24. The number of imidazole rings is 2. The molecule has 0 unspecified atom stereocenters. The van der Waals surface area contributed by atoms with E-state index in [1.807, 2.05) is 97.3 Å². The van der Waals surface area contributed by atoms with E-state index in [4.69, 9.17) is 19.9 Å². The van der Waals surface area contributed by atoms with Crippen LogP contribution in [0.5, 0.6) is 0 Å². The summed E-state index contributed by atoms with van der Waals surface area (Å²) in [5.41, 5.74) is 3.57. The first-order chi connectivity index (χ1) is 15.8. The molecule has 0 N–H and O–H groups in total. The predicted molar refractivity (Wildman–Crippen MR) is 120 cm³/mol. The molecule has 6 nitrogen and oxygen atoms in total. The van der Waals surface area contributed by atoms with E-state index in [0.29, 0.717) is 11.6 Å². The van der Waals surface area contributed by atoms with Gasteiger partial charge in [-0.25, -0.2) is 9.97 Å². The maximum atomic E-state index is 4.91. The van der Waals surface area contributed by atoms with Crippen molar-refractivity contribution in [3.05, 3.63) is 97.3 Å². The number of aromatic nitrogens is 6. The Morgan fingerprint density at radius 1 is 0.469 bits per heavy atom. The molecule has 0 aliphatic carbocycles. The van der Waals surface area contributed by atoms with E-state index in [9.17, 15) is 0 Å². The highest BCUT2D eigenvalue weighted by Gasteiger charge is 2.29. The largest absolute Gasteiger partial charge is 0.338 e. The highest BCUT2D eigenvalue weighted by atomic mass is 15.2. The van der Waals surface area contributed by atoms with Gasteiger partial charge in [-0.05, 0) is 70.6 Å². The van der Waals surface area contributed by atoms with E-state index in [2.05, 4.69) is 9.13 Å². The second-order valence-corrected chi connectivity index (χ2v) is 7.75. The van der Waals surface area contributed by atoms with Gasteiger partial charge in [-0.2, -0.15) is 9.13 Å². The Balaban J connectivity index is 1.69. The zero-order valence-electron chi connectivity index (χ0n) is 16.9. The minimum Gasteiger partial charge on any atom is -0.203 e. The molecular weight excluding hydrogens is 396 g/mol. The van der Waals surface area contributed by atoms with E-state index in [-0.39, 0.29) is 0 Å². The Hall–Kier alpha value is -4.58. The summed E-state index contributed by atoms with van der Waals surface area (Å²) >= 11 is 0. The van der Waals surface area contributed by atoms with Crippen LogP contribution in [0.2, 0.25) is 0 Å². The third-order valence-corrected chi connectivity index (χ3v) is 5.74. The lowest BCUT2D eigenvalue weighted by molar-refractivity contribution is -0.581. The third kappa shape index (κ3) is 2.53. The minimum absolute atomic E-state index is 0.686. The van der Waals surface area contributed by atoms with E-state index in [1.165, 1.54) is 0 Å². The van der Waals surface area contributed by atoms with Crippen molar-refractivity contribution in [3.8, 4) is 34.7 Å². The molecule has 0 spiro atoms. The van der Waals surface area contributed by atoms with E-state index in [0.717, 1.165) is 44.8 Å². The van der Waals surface area contributed by atoms with Crippen LogP contribution >= 0.6 is 0 Å². The monoisotopic (exact) mass is 412 g/mol. The lowest BCUT2D eigenvalue weighted by Crippen LogP contribution is -2.30. The molecule has 0 atom stereocenters. The van der Waals surface area contributed by atoms with E-state index in [1.54, 1.807) is 0 Å². The van der Waals surface area contributed by atoms with Crippen molar-refractivity contribution in [3.63, 3.8) is 0 Å². The molecule has 0 saturated heterocycles. The standard InChI is InChI=1S/C26H16N6/c1-3-13-31-21(11-1)23-27-19-9-6-8-18(16-19)26-30-24(22-12-2-4-14-32(22)26)28-20-10-5-7-17(15-20)25(31)29-23/h1-16H/q+2. The van der Waals surface area contributed by atoms with Crippen molar-refractivity contribution in [2.45, 2.75) is 0 Å². The van der Waals surface area contributed by atoms with Crippen LogP contribution in [0, 0.1) is 0 Å². The molecule has 0 saturated carbocycles. The zero-order chi connectivity index (χ0) is 21.1. The van der Waals surface area contributed by atoms with Gasteiger partial charge in [0.05, 0.1) is 34.2 Å². The fraction of sp³-hybridized carbons (Fsp3) is 0. The summed E-state index contributed by atoms with van der Waals surface area (Å²) in [6, 6.07) is 28.3. The fourth-order valence-corrected chi connectivity index (χ4v) is 4.29. The van der Waals surface area contributed by atoms with Gasteiger partial charge in [0.25, 0.3) is 0 Å². The topological polar surface area (TPSA) is 59.3 Å². The number of pyridine rings is 2. The summed E-state index contributed by atoms with van der Waals surface area (Å²) in [5.74, 6) is 3.04. The smallest absolute Gasteiger partial charge is 0.203 e. The molecule has 2 aliphatic rings. The van der Waals surface area contributed by atoms with Crippen LogP contribution in [-0.4, -0.2) is 19.9 Å². The summed E-state index contributed by atoms with van der Waals surface area (Å²) in [6.07, 6.45) is 4.04. The number of rotatable bonds is 0. The second-order valence-electron chi connectivity index (χ2n) is 7.75. The molecule has 32 heavy (non-hydrogen) atoms. The Morgan fingerprint density at radius 3 is 1.47 bits per heavy atom. The fourth-order valence-electron chi connectivity index (χ4n) is 4.29. The molecule has 6 heteroatoms. The average Bonchev–Trinajstić information content (AvgIpc) is 3.38. The van der Waals surface area contributed by atoms with Crippen LogP contribution in [0.15, 0.2) is 97.3 Å². The van der Waals surface area contributed by atoms with Crippen LogP contribution in [0.4, 0.5) is 0 Å². The average molecular weight is 412 g/mol. The highest BCUT2D eigenvalue weighted by molar-refractivity contribution is 5.74. The van der Waals surface area contributed by atoms with Crippen molar-refractivity contribution < 1.29 is 9.13 Å². The summed E-state index contributed by atoms with van der Waals surface area (Å²) in [5, 5.41) is 1.95. The third-order valence-electron chi connectivity index (χ3n) is 5.74. The van der Waals surface area contributed by atoms with Gasteiger partial charge in [-0.1, -0.05) is 24.3 Å². The summed E-state index contributed by atoms with van der Waals surface area (Å²) in [7, 11) is 0. The Labute approximate surface area is 183 Å². The molecule has 5 heterocycles. The van der Waals surface area contributed by atoms with Gasteiger partial charge in [-0.15, -0.1) is 0 Å². The number of fused-ring (bicyclic) bond motifs is 16. The molecular formula is C26H16N6+2. The number of hydrogen-bond acceptors (Lipinski definition) is 4. The van der Waals surface area contributed by atoms with Crippen LogP contribution in [0.25, 0.3) is 56.5 Å². The molecule has 3 aromatic heterocycles. The van der Waals surface area contributed by atoms with Gasteiger partial charge >= 0.3 is 23.3 Å². The van der Waals surface area contributed by atoms with Crippen LogP contribution in [-0.2, 0) is 0 Å². The first-order valence-corrected chi connectivity index (χ1v) is 10.4. The van der Waals surface area contributed by atoms with Crippen LogP contribution < -0.4 is 9.13 Å². The quantitative estimate of drug-likeness (QED) is 0.356. The first kappa shape index (κ1) is 17.1. The zero-order valence-corrected chi connectivity index (χ0v) is 16.9. The van der Waals surface area contributed by atoms with E-state index >= 15 is 0 Å². The number of hydrogen-bond donors (Lipinski definition) is 0. The molecule has 5 aromatic rings. The first-order valence-electron chi connectivity index (χ1n) is 10.4. The lowest BCUT2D eigenvalue weighted by Gasteiger charge is -1.96. The molecule has 7 rings (SSSR count). The van der Waals surface area contributed by atoms with Gasteiger partial charge in [0.2, 0.25) is 11.4 Å². The SMILES string of the molecule is c1cc[n+]2c(c1)-c1nc-2c2cccc(c2)nc2nc(c3cccc(c3)n1)-[n+]1ccccc1-2. The van der Waals surface area contributed by atoms with Crippen molar-refractivity contribution in [1.82, 2.24) is 19.9 Å². The second kappa shape index (κ2) is 6.46. The summed E-state index contributed by atoms with van der Waals surface area (Å²) in [4.78, 5) is 19.6. The molecule has 0 fully saturated rings. The van der Waals surface area contributed by atoms with Crippen LogP contribution in [0.3, 0.4) is 0 Å². The van der Waals surface area contributed by atoms with Gasteiger partial charge in [0, 0.05) is 0 Å². The van der Waals surface area contributed by atoms with Gasteiger partial charge in [-0.3, -0.25) is 0 Å². The molecule has 2 aliphatic heterocycles. The lowest BCUT2D eigenvalue weighted by atomic mass is 10.2. The van der Waals surface area contributed by atoms with Crippen LogP contribution in [0.1, 0.15) is 0 Å². The molecule has 148 valence electrons. The Morgan fingerprint density at radius 2 is 0.969 bits per heavy atom. The predicted octanol–water partition coefficient (Wildman–Crippen LogP) is 3.77. The number of benzene rings is 2. The molecule has 0 amide bonds. The van der Waals surface area contributed by atoms with Crippen molar-refractivity contribution in [2.24, 2.45) is 0 Å². The van der Waals surface area contributed by atoms with Gasteiger partial charge in [0.1, 0.15) is 0 Å². The van der Waals surface area contributed by atoms with Gasteiger partial charge in [0.15, 0.2) is 0 Å².